The van der Waals surface area contributed by atoms with Crippen molar-refractivity contribution in [1.82, 2.24) is 9.78 Å². The molecule has 5 nitrogen and oxygen atoms in total. The molecule has 0 aliphatic heterocycles. The number of hydrogen-bond donors (Lipinski definition) is 1. The minimum Gasteiger partial charge on any atom is -0.390 e. The molecule has 1 N–H and O–H groups in total. The van der Waals surface area contributed by atoms with E-state index in [1.165, 1.54) is 38.5 Å². The van der Waals surface area contributed by atoms with Crippen molar-refractivity contribution in [3.05, 3.63) is 18.0 Å². The maximum Gasteiger partial charge on any atom is 0.157 e. The van der Waals surface area contributed by atoms with Crippen LogP contribution in [0.5, 0.6) is 0 Å². The van der Waals surface area contributed by atoms with Gasteiger partial charge in [-0.05, 0) is 105 Å². The average molecular weight is 422 g/mol. The lowest BCUT2D eigenvalue weighted by Crippen LogP contribution is -2.54. The molecule has 0 unspecified atom stereocenters. The molecule has 0 saturated heterocycles. The molecule has 5 aliphatic carbocycles. The summed E-state index contributed by atoms with van der Waals surface area (Å²) in [5.41, 5.74) is 1.08. The molecule has 8 atom stereocenters. The number of rotatable bonds is 3. The second-order valence-electron chi connectivity index (χ2n) is 12.3. The third-order valence-electron chi connectivity index (χ3n) is 11.1. The standard InChI is InChI=1S/C26H35N3O2/c1-23(31)9-10-24(2)18(11-23)3-4-20-19(24)5-7-26-16-25(20,26)8-6-21(26)22(30)15-29-14-17(12-27)13-28-29/h13-14,18-21,31H,3-11,15-16H2,1-2H3/t18-,19-,20+,21+,23+,24-,25-,26-/m0/s1. The monoisotopic (exact) mass is 421 g/mol. The van der Waals surface area contributed by atoms with Gasteiger partial charge in [0.05, 0.1) is 23.9 Å². The number of carbonyl (C=O) groups excluding carboxylic acids is 1. The smallest absolute Gasteiger partial charge is 0.157 e. The number of fused-ring (bicyclic) bond motifs is 3. The van der Waals surface area contributed by atoms with E-state index >= 15 is 0 Å². The largest absolute Gasteiger partial charge is 0.390 e. The van der Waals surface area contributed by atoms with Crippen molar-refractivity contribution in [1.29, 1.82) is 5.26 Å². The summed E-state index contributed by atoms with van der Waals surface area (Å²) in [7, 11) is 0. The third kappa shape index (κ3) is 2.58. The fourth-order valence-corrected chi connectivity index (χ4v) is 9.62. The fourth-order valence-electron chi connectivity index (χ4n) is 9.62. The number of ketones is 1. The van der Waals surface area contributed by atoms with Gasteiger partial charge in [-0.15, -0.1) is 0 Å². The van der Waals surface area contributed by atoms with Gasteiger partial charge in [0, 0.05) is 12.1 Å². The highest BCUT2D eigenvalue weighted by molar-refractivity contribution is 5.83. The lowest BCUT2D eigenvalue weighted by atomic mass is 9.46. The quantitative estimate of drug-likeness (QED) is 0.780. The summed E-state index contributed by atoms with van der Waals surface area (Å²) in [5, 5.41) is 24.0. The van der Waals surface area contributed by atoms with E-state index < -0.39 is 5.60 Å². The molecule has 1 heterocycles. The molecule has 166 valence electrons. The summed E-state index contributed by atoms with van der Waals surface area (Å²) in [6.45, 7) is 4.89. The van der Waals surface area contributed by atoms with Crippen molar-refractivity contribution >= 4 is 5.78 Å². The molecule has 1 aromatic heterocycles. The number of Topliss-reactive ketones (excluding diaryl/α,β-unsaturated/α-hetero) is 1. The highest BCUT2D eigenvalue weighted by atomic mass is 16.3. The molecular weight excluding hydrogens is 386 g/mol. The Balaban J connectivity index is 1.22. The van der Waals surface area contributed by atoms with E-state index in [1.807, 2.05) is 6.92 Å². The Morgan fingerprint density at radius 1 is 1.16 bits per heavy atom. The summed E-state index contributed by atoms with van der Waals surface area (Å²) in [6.07, 6.45) is 14.9. The van der Waals surface area contributed by atoms with Crippen molar-refractivity contribution in [2.24, 2.45) is 39.9 Å². The number of nitriles is 1. The first-order valence-corrected chi connectivity index (χ1v) is 12.4. The van der Waals surface area contributed by atoms with Crippen LogP contribution >= 0.6 is 0 Å². The summed E-state index contributed by atoms with van der Waals surface area (Å²) in [5.74, 6) is 2.72. The number of aromatic nitrogens is 2. The minimum atomic E-state index is -0.476. The van der Waals surface area contributed by atoms with Crippen LogP contribution in [-0.2, 0) is 11.3 Å². The molecule has 5 heteroatoms. The number of aliphatic hydroxyl groups is 1. The molecule has 1 aromatic rings. The Labute approximate surface area is 185 Å². The summed E-state index contributed by atoms with van der Waals surface area (Å²) in [6, 6.07) is 2.10. The second kappa shape index (κ2) is 6.22. The van der Waals surface area contributed by atoms with E-state index in [0.29, 0.717) is 34.6 Å². The molecular formula is C26H35N3O2. The van der Waals surface area contributed by atoms with E-state index in [9.17, 15) is 9.90 Å². The summed E-state index contributed by atoms with van der Waals surface area (Å²) in [4.78, 5) is 13.3. The van der Waals surface area contributed by atoms with Crippen LogP contribution in [0.2, 0.25) is 0 Å². The van der Waals surface area contributed by atoms with Crippen molar-refractivity contribution in [3.63, 3.8) is 0 Å². The Kier molecular flexibility index (Phi) is 4.01. The van der Waals surface area contributed by atoms with Crippen LogP contribution in [0.25, 0.3) is 0 Å². The fraction of sp³-hybridized carbons (Fsp3) is 0.808. The molecule has 5 saturated carbocycles. The first-order valence-electron chi connectivity index (χ1n) is 12.4. The second-order valence-corrected chi connectivity index (χ2v) is 12.3. The van der Waals surface area contributed by atoms with Crippen LogP contribution in [0, 0.1) is 51.2 Å². The molecule has 0 bridgehead atoms. The van der Waals surface area contributed by atoms with Gasteiger partial charge in [0.2, 0.25) is 0 Å². The summed E-state index contributed by atoms with van der Waals surface area (Å²) < 4.78 is 1.66. The maximum atomic E-state index is 13.3. The van der Waals surface area contributed by atoms with Gasteiger partial charge in [0.15, 0.2) is 5.78 Å². The van der Waals surface area contributed by atoms with Crippen molar-refractivity contribution in [2.75, 3.05) is 0 Å². The van der Waals surface area contributed by atoms with Gasteiger partial charge in [-0.25, -0.2) is 0 Å². The molecule has 0 spiro atoms. The molecule has 6 rings (SSSR count). The Hall–Kier alpha value is -1.67. The minimum absolute atomic E-state index is 0.181. The van der Waals surface area contributed by atoms with Gasteiger partial charge in [-0.2, -0.15) is 10.4 Å². The zero-order chi connectivity index (χ0) is 21.6. The first-order chi connectivity index (χ1) is 14.7. The number of hydrogen-bond acceptors (Lipinski definition) is 4. The Bertz CT molecular complexity index is 976. The Morgan fingerprint density at radius 2 is 1.97 bits per heavy atom. The molecule has 5 aliphatic rings. The van der Waals surface area contributed by atoms with E-state index in [2.05, 4.69) is 18.1 Å². The molecule has 31 heavy (non-hydrogen) atoms. The van der Waals surface area contributed by atoms with Crippen LogP contribution in [0.15, 0.2) is 12.4 Å². The van der Waals surface area contributed by atoms with Gasteiger partial charge in [0.25, 0.3) is 0 Å². The van der Waals surface area contributed by atoms with Gasteiger partial charge < -0.3 is 5.11 Å². The van der Waals surface area contributed by atoms with Crippen molar-refractivity contribution < 1.29 is 9.90 Å². The number of nitrogens with zero attached hydrogens (tertiary/aromatic N) is 3. The Morgan fingerprint density at radius 3 is 2.74 bits per heavy atom. The SMILES string of the molecule is C[C@@]1(O)CC[C@@]2(C)[C@@H](CC[C@@H]3[C@@H]2CC[C@@]24C[C@@]32CC[C@@H]4C(=O)Cn2cc(C#N)cn2)C1. The van der Waals surface area contributed by atoms with Gasteiger partial charge in [-0.3, -0.25) is 9.48 Å². The molecule has 0 radical (unpaired) electrons. The molecule has 0 aromatic carbocycles. The zero-order valence-electron chi connectivity index (χ0n) is 18.9. The van der Waals surface area contributed by atoms with Gasteiger partial charge in [0.1, 0.15) is 6.07 Å². The molecule has 0 amide bonds. The van der Waals surface area contributed by atoms with Crippen LogP contribution in [0.4, 0.5) is 0 Å². The van der Waals surface area contributed by atoms with Crippen LogP contribution in [0.3, 0.4) is 0 Å². The zero-order valence-corrected chi connectivity index (χ0v) is 18.9. The normalized spacial score (nSPS) is 49.9. The lowest BCUT2D eigenvalue weighted by Gasteiger charge is -2.60. The summed E-state index contributed by atoms with van der Waals surface area (Å²) >= 11 is 0. The maximum absolute atomic E-state index is 13.3. The van der Waals surface area contributed by atoms with Gasteiger partial charge in [-0.1, -0.05) is 6.92 Å². The van der Waals surface area contributed by atoms with Gasteiger partial charge >= 0.3 is 0 Å². The predicted molar refractivity (Wildman–Crippen MR) is 116 cm³/mol. The average Bonchev–Trinajstić information content (AvgIpc) is 3.02. The van der Waals surface area contributed by atoms with E-state index in [0.717, 1.165) is 37.5 Å². The third-order valence-corrected chi connectivity index (χ3v) is 11.1. The van der Waals surface area contributed by atoms with E-state index in [4.69, 9.17) is 5.26 Å². The van der Waals surface area contributed by atoms with Crippen molar-refractivity contribution in [2.45, 2.75) is 90.2 Å². The highest BCUT2D eigenvalue weighted by Gasteiger charge is 2.80. The predicted octanol–water partition coefficient (Wildman–Crippen LogP) is 4.49. The van der Waals surface area contributed by atoms with Crippen LogP contribution < -0.4 is 0 Å². The van der Waals surface area contributed by atoms with E-state index in [1.54, 1.807) is 17.1 Å². The molecule has 5 fully saturated rings. The van der Waals surface area contributed by atoms with E-state index in [-0.39, 0.29) is 11.3 Å². The highest BCUT2D eigenvalue weighted by Crippen LogP contribution is 2.86. The van der Waals surface area contributed by atoms with Crippen LogP contribution in [-0.4, -0.2) is 26.3 Å². The van der Waals surface area contributed by atoms with Crippen LogP contribution in [0.1, 0.15) is 83.6 Å². The lowest BCUT2D eigenvalue weighted by molar-refractivity contribution is -0.138. The van der Waals surface area contributed by atoms with Crippen molar-refractivity contribution in [3.8, 4) is 6.07 Å². The first kappa shape index (κ1) is 20.0. The topological polar surface area (TPSA) is 78.9 Å². The number of carbonyl (C=O) groups is 1.